The predicted molar refractivity (Wildman–Crippen MR) is 122 cm³/mol. The van der Waals surface area contributed by atoms with Gasteiger partial charge in [-0.1, -0.05) is 11.6 Å². The zero-order chi connectivity index (χ0) is 24.1. The number of carbonyl (C=O) groups excluding carboxylic acids is 3. The van der Waals surface area contributed by atoms with Crippen molar-refractivity contribution < 1.29 is 29.3 Å². The highest BCUT2D eigenvalue weighted by Crippen LogP contribution is 2.57. The van der Waals surface area contributed by atoms with Gasteiger partial charge in [0.25, 0.3) is 0 Å². The Kier molecular flexibility index (Phi) is 5.68. The van der Waals surface area contributed by atoms with Crippen LogP contribution in [0.1, 0.15) is 74.4 Å². The van der Waals surface area contributed by atoms with Crippen LogP contribution in [0.3, 0.4) is 0 Å². The molecule has 0 fully saturated rings. The van der Waals surface area contributed by atoms with Crippen molar-refractivity contribution in [3.63, 3.8) is 0 Å². The monoisotopic (exact) mass is 451 g/mol. The zero-order valence-electron chi connectivity index (χ0n) is 19.4. The highest BCUT2D eigenvalue weighted by Gasteiger charge is 2.56. The van der Waals surface area contributed by atoms with Crippen molar-refractivity contribution in [2.75, 3.05) is 6.54 Å². The Bertz CT molecular complexity index is 1190. The minimum absolute atomic E-state index is 0.00447. The largest absolute Gasteiger partial charge is 0.507 e. The number of Topliss-reactive ketones (excluding diaryl/α,β-unsaturated/α-hetero) is 2. The molecule has 1 aromatic rings. The van der Waals surface area contributed by atoms with Crippen LogP contribution in [0.15, 0.2) is 34.8 Å². The number of phenols is 2. The van der Waals surface area contributed by atoms with E-state index in [0.29, 0.717) is 12.2 Å². The number of hydrogen-bond acceptors (Lipinski definition) is 7. The van der Waals surface area contributed by atoms with Crippen molar-refractivity contribution in [2.24, 2.45) is 0 Å². The first-order chi connectivity index (χ1) is 15.6. The Labute approximate surface area is 192 Å². The van der Waals surface area contributed by atoms with E-state index in [0.717, 1.165) is 19.3 Å². The lowest BCUT2D eigenvalue weighted by molar-refractivity contribution is -0.123. The number of ether oxygens (including phenoxy) is 1. The van der Waals surface area contributed by atoms with Crippen LogP contribution in [0.2, 0.25) is 0 Å². The third-order valence-electron chi connectivity index (χ3n) is 6.98. The summed E-state index contributed by atoms with van der Waals surface area (Å²) in [5, 5.41) is 24.5. The van der Waals surface area contributed by atoms with E-state index in [9.17, 15) is 24.6 Å². The summed E-state index contributed by atoms with van der Waals surface area (Å²) >= 11 is 0. The van der Waals surface area contributed by atoms with Crippen LogP contribution in [0.25, 0.3) is 0 Å². The van der Waals surface area contributed by atoms with E-state index >= 15 is 0 Å². The molecule has 0 aromatic heterocycles. The van der Waals surface area contributed by atoms with E-state index in [-0.39, 0.29) is 39.5 Å². The normalized spacial score (nSPS) is 23.3. The second-order valence-electron chi connectivity index (χ2n) is 9.17. The summed E-state index contributed by atoms with van der Waals surface area (Å²) in [6, 6.07) is 0. The second kappa shape index (κ2) is 8.21. The molecule has 0 spiro atoms. The number of fused-ring (bicyclic) bond motifs is 3. The number of benzene rings is 1. The SMILES string of the molecule is CC(=O)c1c(O)c(C)c(O)c2c1OC1=CC(=O)C(=C(C)NCCC3=CCCCC3)C(=O)C12C. The van der Waals surface area contributed by atoms with Gasteiger partial charge in [-0.05, 0) is 59.8 Å². The lowest BCUT2D eigenvalue weighted by Crippen LogP contribution is -2.41. The summed E-state index contributed by atoms with van der Waals surface area (Å²) in [4.78, 5) is 38.9. The van der Waals surface area contributed by atoms with Crippen molar-refractivity contribution in [3.8, 4) is 17.2 Å². The lowest BCUT2D eigenvalue weighted by Gasteiger charge is -2.29. The van der Waals surface area contributed by atoms with Crippen LogP contribution in [0, 0.1) is 6.92 Å². The third-order valence-corrected chi connectivity index (χ3v) is 6.98. The minimum Gasteiger partial charge on any atom is -0.507 e. The Morgan fingerprint density at radius 3 is 2.55 bits per heavy atom. The Morgan fingerprint density at radius 1 is 1.18 bits per heavy atom. The number of carbonyl (C=O) groups is 3. The van der Waals surface area contributed by atoms with E-state index in [2.05, 4.69) is 11.4 Å². The Hall–Kier alpha value is -3.35. The van der Waals surface area contributed by atoms with Crippen molar-refractivity contribution >= 4 is 17.3 Å². The molecular weight excluding hydrogens is 422 g/mol. The smallest absolute Gasteiger partial charge is 0.194 e. The molecule has 7 nitrogen and oxygen atoms in total. The summed E-state index contributed by atoms with van der Waals surface area (Å²) in [5.74, 6) is -2.23. The quantitative estimate of drug-likeness (QED) is 0.268. The van der Waals surface area contributed by atoms with Crippen LogP contribution in [0.5, 0.6) is 17.2 Å². The van der Waals surface area contributed by atoms with Gasteiger partial charge in [0.1, 0.15) is 34.0 Å². The molecule has 1 unspecified atom stereocenters. The van der Waals surface area contributed by atoms with Crippen LogP contribution in [-0.4, -0.2) is 34.1 Å². The van der Waals surface area contributed by atoms with Gasteiger partial charge in [0.05, 0.1) is 11.1 Å². The number of ketones is 3. The van der Waals surface area contributed by atoms with Gasteiger partial charge in [-0.15, -0.1) is 0 Å². The van der Waals surface area contributed by atoms with Gasteiger partial charge in [-0.3, -0.25) is 14.4 Å². The third kappa shape index (κ3) is 3.46. The first-order valence-corrected chi connectivity index (χ1v) is 11.3. The standard InChI is InChI=1S/C26H29NO6/c1-13-22(30)20(15(3)28)24-21(23(13)31)26(4)18(33-24)12-17(29)19(25(26)32)14(2)27-11-10-16-8-6-5-7-9-16/h8,12,27,30-31H,5-7,9-11H2,1-4H3. The lowest BCUT2D eigenvalue weighted by atomic mass is 9.70. The van der Waals surface area contributed by atoms with Gasteiger partial charge >= 0.3 is 0 Å². The fourth-order valence-corrected chi connectivity index (χ4v) is 4.99. The molecule has 33 heavy (non-hydrogen) atoms. The molecule has 0 saturated heterocycles. The molecule has 174 valence electrons. The highest BCUT2D eigenvalue weighted by atomic mass is 16.5. The molecule has 2 aliphatic carbocycles. The van der Waals surface area contributed by atoms with E-state index < -0.39 is 28.5 Å². The molecule has 0 amide bonds. The Morgan fingerprint density at radius 2 is 1.91 bits per heavy atom. The van der Waals surface area contributed by atoms with E-state index in [1.165, 1.54) is 38.3 Å². The fourth-order valence-electron chi connectivity index (χ4n) is 4.99. The minimum atomic E-state index is -1.49. The van der Waals surface area contributed by atoms with Gasteiger partial charge in [0.2, 0.25) is 0 Å². The van der Waals surface area contributed by atoms with Gasteiger partial charge < -0.3 is 20.3 Å². The van der Waals surface area contributed by atoms with E-state index in [1.54, 1.807) is 13.8 Å². The zero-order valence-corrected chi connectivity index (χ0v) is 19.4. The maximum absolute atomic E-state index is 13.7. The number of rotatable bonds is 5. The maximum atomic E-state index is 13.7. The van der Waals surface area contributed by atoms with Crippen LogP contribution in [0.4, 0.5) is 0 Å². The van der Waals surface area contributed by atoms with Crippen LogP contribution < -0.4 is 10.1 Å². The summed E-state index contributed by atoms with van der Waals surface area (Å²) in [5.41, 5.74) is 0.439. The number of aromatic hydroxyl groups is 2. The van der Waals surface area contributed by atoms with Gasteiger partial charge in [0.15, 0.2) is 17.3 Å². The summed E-state index contributed by atoms with van der Waals surface area (Å²) in [6.07, 6.45) is 8.93. The number of phenolic OH excluding ortho intramolecular Hbond substituents is 2. The molecule has 1 aromatic carbocycles. The van der Waals surface area contributed by atoms with Gasteiger partial charge in [-0.2, -0.15) is 0 Å². The molecule has 1 aliphatic heterocycles. The van der Waals surface area contributed by atoms with E-state index in [1.807, 2.05) is 0 Å². The molecule has 1 atom stereocenters. The first-order valence-electron chi connectivity index (χ1n) is 11.3. The highest BCUT2D eigenvalue weighted by molar-refractivity contribution is 6.31. The van der Waals surface area contributed by atoms with Crippen molar-refractivity contribution in [1.82, 2.24) is 5.32 Å². The molecule has 7 heteroatoms. The molecule has 0 bridgehead atoms. The molecule has 0 saturated carbocycles. The van der Waals surface area contributed by atoms with Crippen LogP contribution >= 0.6 is 0 Å². The maximum Gasteiger partial charge on any atom is 0.194 e. The predicted octanol–water partition coefficient (Wildman–Crippen LogP) is 4.05. The second-order valence-corrected chi connectivity index (χ2v) is 9.17. The van der Waals surface area contributed by atoms with Crippen molar-refractivity contribution in [3.05, 3.63) is 51.4 Å². The average molecular weight is 452 g/mol. The fraction of sp³-hybridized carbons (Fsp3) is 0.423. The summed E-state index contributed by atoms with van der Waals surface area (Å²) in [7, 11) is 0. The molecule has 3 N–H and O–H groups in total. The van der Waals surface area contributed by atoms with Crippen molar-refractivity contribution in [2.45, 2.75) is 65.2 Å². The first kappa shape index (κ1) is 22.8. The van der Waals surface area contributed by atoms with Gasteiger partial charge in [0, 0.05) is 23.9 Å². The topological polar surface area (TPSA) is 113 Å². The van der Waals surface area contributed by atoms with Crippen LogP contribution in [-0.2, 0) is 15.0 Å². The molecule has 3 aliphatic rings. The molecule has 4 rings (SSSR count). The summed E-state index contributed by atoms with van der Waals surface area (Å²) in [6.45, 7) is 6.60. The molecule has 1 heterocycles. The van der Waals surface area contributed by atoms with E-state index in [4.69, 9.17) is 4.74 Å². The Balaban J connectivity index is 1.74. The number of allylic oxidation sites excluding steroid dienone is 5. The molecular formula is C26H29NO6. The van der Waals surface area contributed by atoms with Gasteiger partial charge in [-0.25, -0.2) is 0 Å². The number of hydrogen-bond donors (Lipinski definition) is 3. The molecule has 0 radical (unpaired) electrons. The number of nitrogens with one attached hydrogen (secondary N) is 1. The summed E-state index contributed by atoms with van der Waals surface area (Å²) < 4.78 is 5.78. The average Bonchev–Trinajstić information content (AvgIpc) is 3.06. The van der Waals surface area contributed by atoms with Crippen molar-refractivity contribution in [1.29, 1.82) is 0 Å².